The lowest BCUT2D eigenvalue weighted by Crippen LogP contribution is -2.39. The van der Waals surface area contributed by atoms with Gasteiger partial charge >= 0.3 is 0 Å². The van der Waals surface area contributed by atoms with Gasteiger partial charge < -0.3 is 23.9 Å². The van der Waals surface area contributed by atoms with E-state index in [1.165, 1.54) is 0 Å². The third-order valence-corrected chi connectivity index (χ3v) is 5.49. The average Bonchev–Trinajstić information content (AvgIpc) is 3.04. The second kappa shape index (κ2) is 8.23. The quantitative estimate of drug-likeness (QED) is 0.488. The highest BCUT2D eigenvalue weighted by molar-refractivity contribution is 5.75. The van der Waals surface area contributed by atoms with Crippen LogP contribution in [0.3, 0.4) is 0 Å². The lowest BCUT2D eigenvalue weighted by molar-refractivity contribution is -0.146. The summed E-state index contributed by atoms with van der Waals surface area (Å²) < 4.78 is 18.9. The summed E-state index contributed by atoms with van der Waals surface area (Å²) in [5, 5.41) is 3.57. The lowest BCUT2D eigenvalue weighted by atomic mass is 9.88. The minimum absolute atomic E-state index is 0.273. The Morgan fingerprint density at radius 2 is 1.97 bits per heavy atom. The Morgan fingerprint density at radius 1 is 1.17 bits per heavy atom. The monoisotopic (exact) mass is 395 g/mol. The molecule has 4 rings (SSSR count). The molecule has 7 nitrogen and oxygen atoms in total. The van der Waals surface area contributed by atoms with E-state index >= 15 is 0 Å². The molecule has 0 saturated carbocycles. The van der Waals surface area contributed by atoms with Gasteiger partial charge in [0.05, 0.1) is 30.6 Å². The van der Waals surface area contributed by atoms with E-state index in [0.717, 1.165) is 33.8 Å². The number of ether oxygens (including phenoxy) is 3. The van der Waals surface area contributed by atoms with Gasteiger partial charge in [0.1, 0.15) is 6.10 Å². The highest BCUT2D eigenvalue weighted by atomic mass is 16.6. The van der Waals surface area contributed by atoms with Gasteiger partial charge in [0, 0.05) is 24.6 Å². The largest absolute Gasteiger partial charge is 0.459 e. The van der Waals surface area contributed by atoms with Gasteiger partial charge in [0.25, 0.3) is 6.47 Å². The van der Waals surface area contributed by atoms with Crippen molar-refractivity contribution in [2.24, 2.45) is 0 Å². The number of rotatable bonds is 7. The number of methoxy groups -OCH3 is 1. The molecule has 0 aliphatic carbocycles. The van der Waals surface area contributed by atoms with E-state index in [1.807, 2.05) is 56.4 Å². The van der Waals surface area contributed by atoms with E-state index in [0.29, 0.717) is 19.7 Å². The molecule has 0 unspecified atom stereocenters. The second-order valence-electron chi connectivity index (χ2n) is 7.14. The summed E-state index contributed by atoms with van der Waals surface area (Å²) in [5.74, 6) is 0. The predicted octanol–water partition coefficient (Wildman–Crippen LogP) is 3.36. The molecule has 29 heavy (non-hydrogen) atoms. The molecule has 1 N–H and O–H groups in total. The maximum absolute atomic E-state index is 11.4. The minimum Gasteiger partial charge on any atom is -0.459 e. The van der Waals surface area contributed by atoms with E-state index < -0.39 is 12.2 Å². The topological polar surface area (TPSA) is 74.1 Å². The number of carbonyl (C=O) groups excluding carboxylic acids is 1. The Morgan fingerprint density at radius 3 is 2.69 bits per heavy atom. The highest BCUT2D eigenvalue weighted by Gasteiger charge is 2.41. The van der Waals surface area contributed by atoms with Crippen molar-refractivity contribution in [1.29, 1.82) is 0 Å². The fraction of sp³-hybridized carbons (Fsp3) is 0.364. The molecule has 3 atom stereocenters. The van der Waals surface area contributed by atoms with Crippen molar-refractivity contribution in [3.63, 3.8) is 0 Å². The SMILES string of the molecule is COCCO[C@H]1c2ccn3c(C)c(C)nc3c2N[C@H](c2ccccc2)[C@H]1OC=O. The molecular weight excluding hydrogens is 370 g/mol. The average molecular weight is 395 g/mol. The molecule has 7 heteroatoms. The lowest BCUT2D eigenvalue weighted by Gasteiger charge is -2.39. The van der Waals surface area contributed by atoms with E-state index in [9.17, 15) is 4.79 Å². The van der Waals surface area contributed by atoms with Crippen molar-refractivity contribution in [3.05, 3.63) is 65.1 Å². The number of aromatic nitrogens is 2. The van der Waals surface area contributed by atoms with Crippen LogP contribution in [0.2, 0.25) is 0 Å². The third kappa shape index (κ3) is 3.47. The molecule has 0 saturated heterocycles. The number of hydrogen-bond donors (Lipinski definition) is 1. The number of fused-ring (bicyclic) bond motifs is 3. The number of anilines is 1. The molecule has 152 valence electrons. The van der Waals surface area contributed by atoms with Gasteiger partial charge in [-0.3, -0.25) is 4.79 Å². The van der Waals surface area contributed by atoms with Crippen molar-refractivity contribution in [3.8, 4) is 0 Å². The molecule has 2 aromatic heterocycles. The first kappa shape index (κ1) is 19.4. The normalized spacial score (nSPS) is 20.9. The number of imidazole rings is 1. The number of pyridine rings is 1. The van der Waals surface area contributed by atoms with Crippen molar-refractivity contribution < 1.29 is 19.0 Å². The van der Waals surface area contributed by atoms with Crippen molar-refractivity contribution in [2.75, 3.05) is 25.6 Å². The standard InChI is InChI=1S/C22H25N3O4/c1-14-15(2)25-10-9-17-19(22(25)23-14)24-18(16-7-5-4-6-8-16)21(29-13-26)20(17)28-12-11-27-3/h4-10,13,18,20-21,24H,11-12H2,1-3H3/t18-,20+,21-/m1/s1. The number of aryl methyl sites for hydroxylation is 2. The zero-order valence-electron chi connectivity index (χ0n) is 16.8. The Labute approximate surface area is 169 Å². The van der Waals surface area contributed by atoms with Crippen LogP contribution in [-0.2, 0) is 19.0 Å². The van der Waals surface area contributed by atoms with Gasteiger partial charge in [0.15, 0.2) is 11.8 Å². The molecule has 1 aliphatic heterocycles. The van der Waals surface area contributed by atoms with Crippen molar-refractivity contribution >= 4 is 17.8 Å². The first-order chi connectivity index (χ1) is 14.2. The fourth-order valence-electron chi connectivity index (χ4n) is 3.92. The van der Waals surface area contributed by atoms with Crippen LogP contribution in [-0.4, -0.2) is 42.3 Å². The summed E-state index contributed by atoms with van der Waals surface area (Å²) in [5.41, 5.74) is 5.71. The van der Waals surface area contributed by atoms with Crippen molar-refractivity contribution in [2.45, 2.75) is 32.1 Å². The maximum Gasteiger partial charge on any atom is 0.293 e. The van der Waals surface area contributed by atoms with Gasteiger partial charge in [-0.25, -0.2) is 4.98 Å². The third-order valence-electron chi connectivity index (χ3n) is 5.49. The van der Waals surface area contributed by atoms with Crippen LogP contribution in [0.5, 0.6) is 0 Å². The number of nitrogens with zero attached hydrogens (tertiary/aromatic N) is 2. The Balaban J connectivity index is 1.86. The van der Waals surface area contributed by atoms with Crippen LogP contribution in [0.1, 0.15) is 34.7 Å². The molecule has 3 heterocycles. The van der Waals surface area contributed by atoms with E-state index in [1.54, 1.807) is 7.11 Å². The Hall–Kier alpha value is -2.90. The fourth-order valence-corrected chi connectivity index (χ4v) is 3.92. The van der Waals surface area contributed by atoms with E-state index in [-0.39, 0.29) is 6.04 Å². The molecule has 0 radical (unpaired) electrons. The van der Waals surface area contributed by atoms with Gasteiger partial charge in [-0.1, -0.05) is 30.3 Å². The number of carbonyl (C=O) groups is 1. The van der Waals surface area contributed by atoms with E-state index in [4.69, 9.17) is 19.2 Å². The molecule has 1 aromatic carbocycles. The van der Waals surface area contributed by atoms with Crippen LogP contribution >= 0.6 is 0 Å². The number of nitrogens with one attached hydrogen (secondary N) is 1. The summed E-state index contributed by atoms with van der Waals surface area (Å²) in [4.78, 5) is 16.1. The highest BCUT2D eigenvalue weighted by Crippen LogP contribution is 2.44. The zero-order valence-corrected chi connectivity index (χ0v) is 16.8. The van der Waals surface area contributed by atoms with Crippen LogP contribution in [0.15, 0.2) is 42.6 Å². The van der Waals surface area contributed by atoms with Crippen molar-refractivity contribution in [1.82, 2.24) is 9.38 Å². The Bertz CT molecular complexity index is 1000. The summed E-state index contributed by atoms with van der Waals surface area (Å²) >= 11 is 0. The molecule has 0 amide bonds. The smallest absolute Gasteiger partial charge is 0.293 e. The summed E-state index contributed by atoms with van der Waals surface area (Å²) in [6.07, 6.45) is 1.01. The van der Waals surface area contributed by atoms with Gasteiger partial charge in [-0.2, -0.15) is 0 Å². The molecule has 3 aromatic rings. The molecule has 1 aliphatic rings. The zero-order chi connectivity index (χ0) is 20.4. The van der Waals surface area contributed by atoms with Crippen LogP contribution < -0.4 is 5.32 Å². The minimum atomic E-state index is -0.529. The first-order valence-corrected chi connectivity index (χ1v) is 9.65. The van der Waals surface area contributed by atoms with Gasteiger partial charge in [0.2, 0.25) is 0 Å². The number of benzene rings is 1. The van der Waals surface area contributed by atoms with E-state index in [2.05, 4.69) is 9.72 Å². The molecule has 0 spiro atoms. The Kier molecular flexibility index (Phi) is 5.51. The van der Waals surface area contributed by atoms with Gasteiger partial charge in [-0.15, -0.1) is 0 Å². The summed E-state index contributed by atoms with van der Waals surface area (Å²) in [6, 6.07) is 11.7. The second-order valence-corrected chi connectivity index (χ2v) is 7.14. The first-order valence-electron chi connectivity index (χ1n) is 9.65. The maximum atomic E-state index is 11.4. The summed E-state index contributed by atoms with van der Waals surface area (Å²) in [7, 11) is 1.63. The van der Waals surface area contributed by atoms with Crippen LogP contribution in [0, 0.1) is 13.8 Å². The predicted molar refractivity (Wildman–Crippen MR) is 109 cm³/mol. The van der Waals surface area contributed by atoms with Crippen LogP contribution in [0.25, 0.3) is 5.65 Å². The van der Waals surface area contributed by atoms with Gasteiger partial charge in [-0.05, 0) is 25.5 Å². The molecular formula is C22H25N3O4. The number of hydrogen-bond acceptors (Lipinski definition) is 6. The molecule has 0 bridgehead atoms. The van der Waals surface area contributed by atoms with Crippen LogP contribution in [0.4, 0.5) is 5.69 Å². The molecule has 0 fully saturated rings. The summed E-state index contributed by atoms with van der Waals surface area (Å²) in [6.45, 7) is 5.37.